The summed E-state index contributed by atoms with van der Waals surface area (Å²) in [4.78, 5) is 53.2. The Hall–Kier alpha value is -5.25. The molecule has 5 rings (SSSR count). The molecular formula is C30H29F3N4O9. The van der Waals surface area contributed by atoms with Crippen LogP contribution in [0.1, 0.15) is 34.3 Å². The van der Waals surface area contributed by atoms with E-state index >= 15 is 0 Å². The van der Waals surface area contributed by atoms with Crippen LogP contribution in [0.5, 0.6) is 11.5 Å². The number of carbonyl (C=O) groups excluding carboxylic acids is 4. The summed E-state index contributed by atoms with van der Waals surface area (Å²) in [5, 5.41) is 49.2. The molecule has 3 aliphatic rings. The van der Waals surface area contributed by atoms with E-state index in [9.17, 15) is 52.8 Å². The van der Waals surface area contributed by atoms with E-state index < -0.39 is 75.9 Å². The van der Waals surface area contributed by atoms with Crippen LogP contribution in [-0.2, 0) is 22.6 Å². The van der Waals surface area contributed by atoms with E-state index in [2.05, 4.69) is 15.4 Å². The summed E-state index contributed by atoms with van der Waals surface area (Å²) < 4.78 is 41.0. The number of phenolic OH excluding ortho intramolecular Hbond substituents is 1. The summed E-state index contributed by atoms with van der Waals surface area (Å²) in [5.74, 6) is -7.93. The highest BCUT2D eigenvalue weighted by molar-refractivity contribution is 6.24. The molecule has 3 atom stereocenters. The lowest BCUT2D eigenvalue weighted by atomic mass is 9.60. The maximum absolute atomic E-state index is 14.0. The Morgan fingerprint density at radius 1 is 1.11 bits per heavy atom. The number of amides is 3. The lowest BCUT2D eigenvalue weighted by Crippen LogP contribution is -2.57. The molecule has 0 fully saturated rings. The van der Waals surface area contributed by atoms with Crippen LogP contribution in [0.3, 0.4) is 0 Å². The highest BCUT2D eigenvalue weighted by Crippen LogP contribution is 2.52. The van der Waals surface area contributed by atoms with Crippen molar-refractivity contribution in [2.24, 2.45) is 17.6 Å². The van der Waals surface area contributed by atoms with E-state index in [4.69, 9.17) is 5.73 Å². The molecule has 16 heteroatoms. The third-order valence-corrected chi connectivity index (χ3v) is 8.38. The number of aliphatic hydroxyl groups is 3. The number of carbonyl (C=O) groups is 4. The number of nitrogens with zero attached hydrogens (tertiary/aromatic N) is 1. The van der Waals surface area contributed by atoms with E-state index in [1.54, 1.807) is 25.1 Å². The number of fused-ring (bicyclic) bond motifs is 3. The van der Waals surface area contributed by atoms with Crippen molar-refractivity contribution < 1.29 is 57.5 Å². The Balaban J connectivity index is 1.44. The maximum atomic E-state index is 14.0. The van der Waals surface area contributed by atoms with Crippen LogP contribution in [0, 0.1) is 11.8 Å². The van der Waals surface area contributed by atoms with Gasteiger partial charge in [-0.15, -0.1) is 13.2 Å². The lowest BCUT2D eigenvalue weighted by molar-refractivity contribution is -0.274. The third-order valence-electron chi connectivity index (χ3n) is 8.38. The molecule has 0 aliphatic heterocycles. The second kappa shape index (κ2) is 11.3. The third kappa shape index (κ3) is 5.44. The molecule has 0 aromatic heterocycles. The van der Waals surface area contributed by atoms with Crippen LogP contribution < -0.4 is 26.0 Å². The van der Waals surface area contributed by atoms with Gasteiger partial charge in [-0.2, -0.15) is 0 Å². The zero-order valence-electron chi connectivity index (χ0n) is 24.4. The average molecular weight is 647 g/mol. The number of ketones is 2. The first-order chi connectivity index (χ1) is 21.4. The minimum absolute atomic E-state index is 0.0245. The minimum Gasteiger partial charge on any atom is -0.511 e. The van der Waals surface area contributed by atoms with E-state index in [1.165, 1.54) is 12.1 Å². The van der Waals surface area contributed by atoms with Crippen LogP contribution in [0.4, 0.5) is 29.3 Å². The fraction of sp³-hybridized carbons (Fsp3) is 0.333. The highest BCUT2D eigenvalue weighted by Gasteiger charge is 2.59. The zero-order valence-corrected chi connectivity index (χ0v) is 24.4. The average Bonchev–Trinajstić information content (AvgIpc) is 2.94. The summed E-state index contributed by atoms with van der Waals surface area (Å²) in [6, 6.07) is 5.13. The van der Waals surface area contributed by atoms with Gasteiger partial charge < -0.3 is 46.4 Å². The smallest absolute Gasteiger partial charge is 0.511 e. The molecule has 0 saturated carbocycles. The zero-order chi connectivity index (χ0) is 33.9. The SMILES string of the molecule is CN(C)c1cc(CNC(=O)Nc2ccc(OC(F)(F)F)cc2)c(O)c2c1C[C@H]1C[C@H]3CC(O)=C(C(N)=O)C(=O)[C@@]3(O)C(O)=C1C2=O. The van der Waals surface area contributed by atoms with Crippen molar-refractivity contribution in [3.63, 3.8) is 0 Å². The van der Waals surface area contributed by atoms with Gasteiger partial charge in [-0.3, -0.25) is 14.4 Å². The molecule has 244 valence electrons. The molecule has 0 saturated heterocycles. The Labute approximate surface area is 258 Å². The number of anilines is 2. The van der Waals surface area contributed by atoms with Gasteiger partial charge in [0.2, 0.25) is 5.78 Å². The number of primary amides is 1. The predicted molar refractivity (Wildman–Crippen MR) is 154 cm³/mol. The van der Waals surface area contributed by atoms with Crippen LogP contribution in [-0.4, -0.2) is 70.0 Å². The van der Waals surface area contributed by atoms with Crippen molar-refractivity contribution in [1.82, 2.24) is 5.32 Å². The monoisotopic (exact) mass is 646 g/mol. The Morgan fingerprint density at radius 2 is 1.76 bits per heavy atom. The normalized spacial score (nSPS) is 22.5. The first kappa shape index (κ1) is 32.2. The number of nitrogens with one attached hydrogen (secondary N) is 2. The Kier molecular flexibility index (Phi) is 7.88. The fourth-order valence-electron chi connectivity index (χ4n) is 6.35. The van der Waals surface area contributed by atoms with Crippen LogP contribution in [0.25, 0.3) is 0 Å². The number of phenols is 1. The summed E-state index contributed by atoms with van der Waals surface area (Å²) >= 11 is 0. The maximum Gasteiger partial charge on any atom is 0.573 e. The van der Waals surface area contributed by atoms with E-state index in [1.807, 2.05) is 0 Å². The first-order valence-electron chi connectivity index (χ1n) is 13.9. The first-order valence-corrected chi connectivity index (χ1v) is 13.9. The van der Waals surface area contributed by atoms with Gasteiger partial charge in [-0.1, -0.05) is 0 Å². The lowest BCUT2D eigenvalue weighted by Gasteiger charge is -2.46. The number of nitrogens with two attached hydrogens (primary N) is 1. The number of Topliss-reactive ketones (excluding diaryl/α,β-unsaturated/α-hetero) is 2. The summed E-state index contributed by atoms with van der Waals surface area (Å²) in [7, 11) is 3.37. The van der Waals surface area contributed by atoms with Crippen LogP contribution in [0.15, 0.2) is 53.0 Å². The number of aromatic hydroxyl groups is 1. The quantitative estimate of drug-likeness (QED) is 0.228. The summed E-state index contributed by atoms with van der Waals surface area (Å²) in [5.41, 5.74) is 2.23. The van der Waals surface area contributed by atoms with Gasteiger partial charge in [0, 0.05) is 55.5 Å². The van der Waals surface area contributed by atoms with Gasteiger partial charge in [0.1, 0.15) is 28.6 Å². The number of hydrogen-bond acceptors (Lipinski definition) is 10. The standard InChI is InChI=1S/C30H29F3N4O9/c1-37(2)18-9-13(11-35-28(44)36-15-3-5-16(6-4-15)46-30(31,32)33)23(39)21-17(18)8-12-7-14-10-19(38)22(27(34)43)26(42)29(14,45)25(41)20(12)24(21)40/h3-6,9,12,14,38-39,41,45H,7-8,10-11H2,1-2H3,(H2,34,43)(H2,35,36,44)/t12-,14+,29+/m1/s1. The number of halogens is 3. The predicted octanol–water partition coefficient (Wildman–Crippen LogP) is 2.87. The number of hydrogen-bond donors (Lipinski definition) is 7. The number of ether oxygens (including phenoxy) is 1. The van der Waals surface area contributed by atoms with Gasteiger partial charge in [0.15, 0.2) is 11.4 Å². The van der Waals surface area contributed by atoms with Crippen molar-refractivity contribution in [3.05, 3.63) is 69.7 Å². The molecule has 0 bridgehead atoms. The van der Waals surface area contributed by atoms with Crippen molar-refractivity contribution in [1.29, 1.82) is 0 Å². The van der Waals surface area contributed by atoms with Crippen LogP contribution >= 0.6 is 0 Å². The van der Waals surface area contributed by atoms with E-state index in [0.717, 1.165) is 12.1 Å². The molecule has 13 nitrogen and oxygen atoms in total. The minimum atomic E-state index is -4.88. The molecule has 2 aromatic carbocycles. The second-order valence-electron chi connectivity index (χ2n) is 11.4. The number of benzene rings is 2. The molecule has 0 heterocycles. The number of allylic oxidation sites excluding steroid dienone is 2. The largest absolute Gasteiger partial charge is 0.573 e. The van der Waals surface area contributed by atoms with E-state index in [0.29, 0.717) is 11.3 Å². The number of urea groups is 1. The Morgan fingerprint density at radius 3 is 2.35 bits per heavy atom. The molecule has 8 N–H and O–H groups in total. The van der Waals surface area contributed by atoms with Crippen molar-refractivity contribution in [2.75, 3.05) is 24.3 Å². The Bertz CT molecular complexity index is 1730. The van der Waals surface area contributed by atoms with Crippen molar-refractivity contribution >= 4 is 34.9 Å². The number of rotatable bonds is 6. The van der Waals surface area contributed by atoms with E-state index in [-0.39, 0.29) is 48.2 Å². The van der Waals surface area contributed by atoms with Gasteiger partial charge in [-0.05, 0) is 54.7 Å². The highest BCUT2D eigenvalue weighted by atomic mass is 19.4. The van der Waals surface area contributed by atoms with Crippen molar-refractivity contribution in [2.45, 2.75) is 37.8 Å². The topological polar surface area (TPSA) is 212 Å². The summed E-state index contributed by atoms with van der Waals surface area (Å²) in [6.07, 6.45) is -5.16. The van der Waals surface area contributed by atoms with Crippen molar-refractivity contribution in [3.8, 4) is 11.5 Å². The molecule has 3 aliphatic carbocycles. The van der Waals surface area contributed by atoms with Gasteiger partial charge >= 0.3 is 12.4 Å². The van der Waals surface area contributed by atoms with Gasteiger partial charge in [0.05, 0.1) is 5.56 Å². The summed E-state index contributed by atoms with van der Waals surface area (Å²) in [6.45, 7) is -0.320. The second-order valence-corrected chi connectivity index (χ2v) is 11.4. The molecule has 0 unspecified atom stereocenters. The van der Waals surface area contributed by atoms with Crippen LogP contribution in [0.2, 0.25) is 0 Å². The van der Waals surface area contributed by atoms with Gasteiger partial charge in [-0.25, -0.2) is 4.79 Å². The molecule has 3 amide bonds. The molecule has 2 aromatic rings. The molecular weight excluding hydrogens is 617 g/mol. The number of alkyl halides is 3. The molecule has 0 spiro atoms. The molecule has 0 radical (unpaired) electrons. The fourth-order valence-corrected chi connectivity index (χ4v) is 6.35. The van der Waals surface area contributed by atoms with Gasteiger partial charge in [0.25, 0.3) is 5.91 Å². The molecule has 46 heavy (non-hydrogen) atoms. The number of aliphatic hydroxyl groups excluding tert-OH is 2.